The summed E-state index contributed by atoms with van der Waals surface area (Å²) in [6.07, 6.45) is 3.22. The summed E-state index contributed by atoms with van der Waals surface area (Å²) in [5.41, 5.74) is 5.10. The lowest BCUT2D eigenvalue weighted by Crippen LogP contribution is -2.34. The molecule has 4 nitrogen and oxygen atoms in total. The maximum Gasteiger partial charge on any atom is 0.350 e. The monoisotopic (exact) mass is 349 g/mol. The van der Waals surface area contributed by atoms with E-state index in [1.54, 1.807) is 0 Å². The third-order valence-electron chi connectivity index (χ3n) is 3.82. The summed E-state index contributed by atoms with van der Waals surface area (Å²) in [7, 11) is 0. The smallest absolute Gasteiger partial charge is 0.332 e. The summed E-state index contributed by atoms with van der Waals surface area (Å²) in [4.78, 5) is 3.85. The molecule has 2 N–H and O–H groups in total. The number of benzene rings is 1. The van der Waals surface area contributed by atoms with Gasteiger partial charge in [-0.3, -0.25) is 0 Å². The van der Waals surface area contributed by atoms with Gasteiger partial charge in [0.2, 0.25) is 0 Å². The van der Waals surface area contributed by atoms with Gasteiger partial charge in [-0.2, -0.15) is 13.8 Å². The van der Waals surface area contributed by atoms with Gasteiger partial charge < -0.3 is 10.3 Å². The van der Waals surface area contributed by atoms with Crippen LogP contribution in [0.2, 0.25) is 5.02 Å². The van der Waals surface area contributed by atoms with Crippen LogP contribution in [0.25, 0.3) is 0 Å². The fourth-order valence-electron chi connectivity index (χ4n) is 2.59. The molecule has 0 unspecified atom stereocenters. The molecule has 22 heavy (non-hydrogen) atoms. The minimum absolute atomic E-state index is 0. The predicted molar refractivity (Wildman–Crippen MR) is 80.3 cm³/mol. The van der Waals surface area contributed by atoms with Gasteiger partial charge in [0.05, 0.1) is 5.54 Å². The highest BCUT2D eigenvalue weighted by molar-refractivity contribution is 6.30. The Kier molecular flexibility index (Phi) is 4.75. The fraction of sp³-hybridized carbons (Fsp3) is 0.429. The van der Waals surface area contributed by atoms with Gasteiger partial charge in [0.1, 0.15) is 0 Å². The molecule has 1 aromatic heterocycles. The number of hydrogen-bond donors (Lipinski definition) is 1. The summed E-state index contributed by atoms with van der Waals surface area (Å²) >= 11 is 5.75. The zero-order valence-corrected chi connectivity index (χ0v) is 13.1. The fourth-order valence-corrected chi connectivity index (χ4v) is 2.78. The molecule has 3 rings (SSSR count). The minimum atomic E-state index is -3.40. The molecule has 120 valence electrons. The van der Waals surface area contributed by atoms with Gasteiger partial charge in [-0.1, -0.05) is 41.7 Å². The Hall–Kier alpha value is -1.24. The Morgan fingerprint density at radius 3 is 2.59 bits per heavy atom. The van der Waals surface area contributed by atoms with Crippen LogP contribution in [0, 0.1) is 0 Å². The van der Waals surface area contributed by atoms with E-state index in [0.717, 1.165) is 12.8 Å². The van der Waals surface area contributed by atoms with Crippen molar-refractivity contribution in [2.45, 2.75) is 37.1 Å². The van der Waals surface area contributed by atoms with Crippen LogP contribution >= 0.6 is 24.0 Å². The van der Waals surface area contributed by atoms with E-state index < -0.39 is 17.4 Å². The summed E-state index contributed by atoms with van der Waals surface area (Å²) in [5, 5.41) is 3.88. The predicted octanol–water partition coefficient (Wildman–Crippen LogP) is 4.01. The van der Waals surface area contributed by atoms with E-state index >= 15 is 0 Å². The lowest BCUT2D eigenvalue weighted by atomic mass is 9.98. The third-order valence-corrected chi connectivity index (χ3v) is 4.06. The minimum Gasteiger partial charge on any atom is -0.332 e. The van der Waals surface area contributed by atoms with Crippen LogP contribution in [0.15, 0.2) is 28.8 Å². The SMILES string of the molecule is Cl.NC1(c2noc(C(F)(F)c3cccc(Cl)c3)n2)CCCC1. The maximum absolute atomic E-state index is 14.4. The van der Waals surface area contributed by atoms with Crippen LogP contribution < -0.4 is 5.73 Å². The van der Waals surface area contributed by atoms with E-state index in [1.807, 2.05) is 0 Å². The van der Waals surface area contributed by atoms with Crippen LogP contribution in [0.1, 0.15) is 43.0 Å². The van der Waals surface area contributed by atoms with Crippen molar-refractivity contribution in [3.05, 3.63) is 46.6 Å². The van der Waals surface area contributed by atoms with Crippen molar-refractivity contribution in [3.63, 3.8) is 0 Å². The molecule has 2 aromatic rings. The second-order valence-corrected chi connectivity index (χ2v) is 5.81. The molecule has 0 amide bonds. The van der Waals surface area contributed by atoms with Crippen LogP contribution in [0.3, 0.4) is 0 Å². The molecule has 0 bridgehead atoms. The largest absolute Gasteiger partial charge is 0.350 e. The Balaban J connectivity index is 0.00000176. The van der Waals surface area contributed by atoms with E-state index in [9.17, 15) is 8.78 Å². The Morgan fingerprint density at radius 2 is 1.95 bits per heavy atom. The van der Waals surface area contributed by atoms with Gasteiger partial charge in [0, 0.05) is 10.6 Å². The maximum atomic E-state index is 14.4. The molecule has 1 heterocycles. The first-order chi connectivity index (χ1) is 9.92. The number of hydrogen-bond acceptors (Lipinski definition) is 4. The van der Waals surface area contributed by atoms with Crippen molar-refractivity contribution in [2.75, 3.05) is 0 Å². The molecule has 0 spiro atoms. The van der Waals surface area contributed by atoms with Crippen molar-refractivity contribution in [2.24, 2.45) is 5.73 Å². The Labute approximate surface area is 137 Å². The summed E-state index contributed by atoms with van der Waals surface area (Å²) in [6, 6.07) is 5.42. The number of aromatic nitrogens is 2. The first-order valence-corrected chi connectivity index (χ1v) is 7.07. The van der Waals surface area contributed by atoms with Crippen molar-refractivity contribution in [3.8, 4) is 0 Å². The molecule has 1 aliphatic carbocycles. The summed E-state index contributed by atoms with van der Waals surface area (Å²) in [5.74, 6) is -4.00. The van der Waals surface area contributed by atoms with E-state index in [-0.39, 0.29) is 28.8 Å². The van der Waals surface area contributed by atoms with E-state index in [4.69, 9.17) is 21.9 Å². The zero-order chi connectivity index (χ0) is 15.1. The average molecular weight is 350 g/mol. The molecular formula is C14H15Cl2F2N3O. The van der Waals surface area contributed by atoms with Gasteiger partial charge >= 0.3 is 11.8 Å². The van der Waals surface area contributed by atoms with Crippen LogP contribution in [-0.4, -0.2) is 10.1 Å². The van der Waals surface area contributed by atoms with Gasteiger partial charge in [0.15, 0.2) is 5.82 Å². The number of nitrogens with zero attached hydrogens (tertiary/aromatic N) is 2. The quantitative estimate of drug-likeness (QED) is 0.908. The third kappa shape index (κ3) is 2.95. The second-order valence-electron chi connectivity index (χ2n) is 5.37. The van der Waals surface area contributed by atoms with E-state index in [0.29, 0.717) is 12.8 Å². The van der Waals surface area contributed by atoms with Crippen molar-refractivity contribution in [1.82, 2.24) is 10.1 Å². The van der Waals surface area contributed by atoms with Crippen LogP contribution in [0.5, 0.6) is 0 Å². The number of rotatable bonds is 3. The van der Waals surface area contributed by atoms with Gasteiger partial charge in [-0.25, -0.2) is 0 Å². The standard InChI is InChI=1S/C14H14ClF2N3O.ClH/c15-10-5-3-4-9(8-10)14(16,17)12-19-11(20-21-12)13(18)6-1-2-7-13;/h3-5,8H,1-2,6-7,18H2;1H. The van der Waals surface area contributed by atoms with Crippen LogP contribution in [-0.2, 0) is 11.5 Å². The molecule has 0 radical (unpaired) electrons. The van der Waals surface area contributed by atoms with Gasteiger partial charge in [-0.05, 0) is 25.0 Å². The first-order valence-electron chi connectivity index (χ1n) is 6.69. The van der Waals surface area contributed by atoms with Gasteiger partial charge in [-0.15, -0.1) is 12.4 Å². The highest BCUT2D eigenvalue weighted by Crippen LogP contribution is 2.39. The average Bonchev–Trinajstić information content (AvgIpc) is 3.08. The van der Waals surface area contributed by atoms with Crippen molar-refractivity contribution >= 4 is 24.0 Å². The Bertz CT molecular complexity index is 657. The van der Waals surface area contributed by atoms with Gasteiger partial charge in [0.25, 0.3) is 0 Å². The van der Waals surface area contributed by atoms with E-state index in [2.05, 4.69) is 10.1 Å². The number of alkyl halides is 2. The topological polar surface area (TPSA) is 64.9 Å². The first kappa shape index (κ1) is 17.1. The van der Waals surface area contributed by atoms with E-state index in [1.165, 1.54) is 24.3 Å². The molecule has 1 aliphatic rings. The lowest BCUT2D eigenvalue weighted by molar-refractivity contribution is 0.00762. The molecule has 8 heteroatoms. The highest BCUT2D eigenvalue weighted by atomic mass is 35.5. The molecule has 1 aromatic carbocycles. The molecule has 1 saturated carbocycles. The molecule has 0 saturated heterocycles. The van der Waals surface area contributed by atoms with Crippen molar-refractivity contribution in [1.29, 1.82) is 0 Å². The Morgan fingerprint density at radius 1 is 1.27 bits per heavy atom. The zero-order valence-electron chi connectivity index (χ0n) is 11.6. The van der Waals surface area contributed by atoms with Crippen molar-refractivity contribution < 1.29 is 13.3 Å². The lowest BCUT2D eigenvalue weighted by Gasteiger charge is -2.18. The molecule has 0 atom stereocenters. The second kappa shape index (κ2) is 6.10. The number of halogens is 4. The summed E-state index contributed by atoms with van der Waals surface area (Å²) < 4.78 is 33.6. The normalized spacial score (nSPS) is 17.3. The molecular weight excluding hydrogens is 335 g/mol. The summed E-state index contributed by atoms with van der Waals surface area (Å²) in [6.45, 7) is 0. The highest BCUT2D eigenvalue weighted by Gasteiger charge is 2.43. The molecule has 0 aliphatic heterocycles. The van der Waals surface area contributed by atoms with Crippen LogP contribution in [0.4, 0.5) is 8.78 Å². The molecule has 1 fully saturated rings. The number of nitrogens with two attached hydrogens (primary N) is 1.